The fourth-order valence-corrected chi connectivity index (χ4v) is 5.44. The van der Waals surface area contributed by atoms with Crippen molar-refractivity contribution in [1.82, 2.24) is 9.21 Å². The lowest BCUT2D eigenvalue weighted by molar-refractivity contribution is 0.0702. The number of hydrogen-bond donors (Lipinski definition) is 1. The molecule has 0 amide bonds. The maximum Gasteiger partial charge on any atom is 0.345 e. The fourth-order valence-electron chi connectivity index (χ4n) is 2.74. The van der Waals surface area contributed by atoms with Crippen molar-refractivity contribution in [2.45, 2.75) is 31.6 Å². The van der Waals surface area contributed by atoms with Crippen LogP contribution in [0.15, 0.2) is 6.07 Å². The zero-order valence-corrected chi connectivity index (χ0v) is 14.1. The fraction of sp³-hybridized carbons (Fsp3) is 0.643. The molecule has 3 rings (SSSR count). The van der Waals surface area contributed by atoms with Crippen LogP contribution < -0.4 is 0 Å². The molecule has 0 radical (unpaired) electrons. The van der Waals surface area contributed by atoms with E-state index in [1.165, 1.54) is 11.3 Å². The molecule has 1 saturated carbocycles. The van der Waals surface area contributed by atoms with Crippen molar-refractivity contribution in [1.29, 1.82) is 0 Å². The summed E-state index contributed by atoms with van der Waals surface area (Å²) in [5.41, 5.74) is 1.03. The number of piperazine rings is 1. The van der Waals surface area contributed by atoms with Gasteiger partial charge >= 0.3 is 5.97 Å². The third kappa shape index (κ3) is 3.19. The molecule has 122 valence electrons. The van der Waals surface area contributed by atoms with Crippen LogP contribution in [0.3, 0.4) is 0 Å². The smallest absolute Gasteiger partial charge is 0.345 e. The molecule has 2 fully saturated rings. The first-order valence-electron chi connectivity index (χ1n) is 7.42. The third-order valence-corrected chi connectivity index (χ3v) is 7.74. The number of hydrogen-bond acceptors (Lipinski definition) is 5. The largest absolute Gasteiger partial charge is 0.477 e. The summed E-state index contributed by atoms with van der Waals surface area (Å²) in [6, 6.07) is 1.73. The maximum absolute atomic E-state index is 12.2. The second-order valence-electron chi connectivity index (χ2n) is 5.92. The highest BCUT2D eigenvalue weighted by atomic mass is 32.2. The topological polar surface area (TPSA) is 77.9 Å². The van der Waals surface area contributed by atoms with Crippen molar-refractivity contribution in [3.05, 3.63) is 21.4 Å². The van der Waals surface area contributed by atoms with Crippen molar-refractivity contribution in [3.8, 4) is 0 Å². The Morgan fingerprint density at radius 2 is 1.95 bits per heavy atom. The van der Waals surface area contributed by atoms with Crippen molar-refractivity contribution in [3.63, 3.8) is 0 Å². The van der Waals surface area contributed by atoms with E-state index >= 15 is 0 Å². The SMILES string of the molecule is Cc1sc(C(=O)O)cc1CN1CCN(S(=O)(=O)C2CC2)CC1. The van der Waals surface area contributed by atoms with Crippen LogP contribution in [0.25, 0.3) is 0 Å². The molecule has 0 unspecified atom stereocenters. The first-order chi connectivity index (χ1) is 10.4. The normalized spacial score (nSPS) is 21.1. The zero-order chi connectivity index (χ0) is 15.9. The molecule has 1 N–H and O–H groups in total. The standard InChI is InChI=1S/C14H20N2O4S2/c1-10-11(8-13(21-10)14(17)18)9-15-4-6-16(7-5-15)22(19,20)12-2-3-12/h8,12H,2-7,9H2,1H3,(H,17,18). The van der Waals surface area contributed by atoms with Crippen LogP contribution in [-0.4, -0.2) is 60.1 Å². The van der Waals surface area contributed by atoms with Crippen LogP contribution in [0.4, 0.5) is 0 Å². The Bertz CT molecular complexity index is 671. The average molecular weight is 344 g/mol. The zero-order valence-electron chi connectivity index (χ0n) is 12.5. The highest BCUT2D eigenvalue weighted by Gasteiger charge is 2.40. The van der Waals surface area contributed by atoms with Gasteiger partial charge < -0.3 is 5.11 Å². The predicted octanol–water partition coefficient (Wildman–Crippen LogP) is 1.36. The first kappa shape index (κ1) is 15.9. The van der Waals surface area contributed by atoms with Gasteiger partial charge in [-0.3, -0.25) is 4.90 Å². The lowest BCUT2D eigenvalue weighted by Crippen LogP contribution is -2.49. The summed E-state index contributed by atoms with van der Waals surface area (Å²) >= 11 is 1.30. The molecule has 2 aliphatic rings. The number of rotatable bonds is 5. The van der Waals surface area contributed by atoms with Crippen LogP contribution in [-0.2, 0) is 16.6 Å². The number of aryl methyl sites for hydroxylation is 1. The Balaban J connectivity index is 1.59. The van der Waals surface area contributed by atoms with Crippen LogP contribution in [0, 0.1) is 6.92 Å². The van der Waals surface area contributed by atoms with E-state index < -0.39 is 16.0 Å². The van der Waals surface area contributed by atoms with E-state index in [1.54, 1.807) is 10.4 Å². The Morgan fingerprint density at radius 1 is 1.32 bits per heavy atom. The second-order valence-corrected chi connectivity index (χ2v) is 9.39. The summed E-state index contributed by atoms with van der Waals surface area (Å²) in [5.74, 6) is -0.889. The van der Waals surface area contributed by atoms with E-state index in [1.807, 2.05) is 6.92 Å². The van der Waals surface area contributed by atoms with Gasteiger partial charge in [0.2, 0.25) is 10.0 Å². The van der Waals surface area contributed by atoms with E-state index in [4.69, 9.17) is 5.11 Å². The molecule has 1 aliphatic carbocycles. The molecular formula is C14H20N2O4S2. The minimum atomic E-state index is -3.07. The average Bonchev–Trinajstić information content (AvgIpc) is 3.26. The maximum atomic E-state index is 12.2. The Hall–Kier alpha value is -0.960. The first-order valence-corrected chi connectivity index (χ1v) is 9.74. The van der Waals surface area contributed by atoms with E-state index in [2.05, 4.69) is 4.90 Å². The van der Waals surface area contributed by atoms with E-state index in [0.717, 1.165) is 23.3 Å². The quantitative estimate of drug-likeness (QED) is 0.873. The molecule has 22 heavy (non-hydrogen) atoms. The molecule has 1 aromatic rings. The minimum Gasteiger partial charge on any atom is -0.477 e. The van der Waals surface area contributed by atoms with Gasteiger partial charge in [-0.05, 0) is 31.4 Å². The number of carboxylic acids is 1. The molecular weight excluding hydrogens is 324 g/mol. The Kier molecular flexibility index (Phi) is 4.28. The van der Waals surface area contributed by atoms with Gasteiger partial charge in [-0.2, -0.15) is 4.31 Å². The van der Waals surface area contributed by atoms with Crippen molar-refractivity contribution < 1.29 is 18.3 Å². The number of thiophene rings is 1. The highest BCUT2D eigenvalue weighted by Crippen LogP contribution is 2.31. The summed E-state index contributed by atoms with van der Waals surface area (Å²) in [6.45, 7) is 5.09. The number of carboxylic acid groups (broad SMARTS) is 1. The van der Waals surface area contributed by atoms with E-state index in [-0.39, 0.29) is 5.25 Å². The molecule has 0 spiro atoms. The van der Waals surface area contributed by atoms with Gasteiger partial charge in [-0.15, -0.1) is 11.3 Å². The minimum absolute atomic E-state index is 0.142. The number of aromatic carboxylic acids is 1. The van der Waals surface area contributed by atoms with Gasteiger partial charge in [0.05, 0.1) is 5.25 Å². The molecule has 6 nitrogen and oxygen atoms in total. The van der Waals surface area contributed by atoms with Crippen molar-refractivity contribution in [2.75, 3.05) is 26.2 Å². The molecule has 0 bridgehead atoms. The van der Waals surface area contributed by atoms with Crippen molar-refractivity contribution in [2.24, 2.45) is 0 Å². The molecule has 8 heteroatoms. The Labute approximate surface area is 134 Å². The number of carbonyl (C=O) groups is 1. The summed E-state index contributed by atoms with van der Waals surface area (Å²) in [4.78, 5) is 14.6. The predicted molar refractivity (Wildman–Crippen MR) is 84.8 cm³/mol. The lowest BCUT2D eigenvalue weighted by Gasteiger charge is -2.34. The molecule has 1 aromatic heterocycles. The van der Waals surface area contributed by atoms with Gasteiger partial charge in [0.1, 0.15) is 4.88 Å². The number of nitrogens with zero attached hydrogens (tertiary/aromatic N) is 2. The molecule has 1 saturated heterocycles. The van der Waals surface area contributed by atoms with E-state index in [9.17, 15) is 13.2 Å². The van der Waals surface area contributed by atoms with Crippen LogP contribution in [0.2, 0.25) is 0 Å². The summed E-state index contributed by atoms with van der Waals surface area (Å²) in [7, 11) is -3.07. The van der Waals surface area contributed by atoms with Gasteiger partial charge in [0.15, 0.2) is 0 Å². The molecule has 0 atom stereocenters. The second kappa shape index (κ2) is 5.92. The van der Waals surface area contributed by atoms with Gasteiger partial charge in [0.25, 0.3) is 0 Å². The van der Waals surface area contributed by atoms with Crippen LogP contribution >= 0.6 is 11.3 Å². The van der Waals surface area contributed by atoms with Crippen LogP contribution in [0.5, 0.6) is 0 Å². The third-order valence-electron chi connectivity index (χ3n) is 4.26. The lowest BCUT2D eigenvalue weighted by atomic mass is 10.2. The van der Waals surface area contributed by atoms with Gasteiger partial charge in [0, 0.05) is 37.6 Å². The monoisotopic (exact) mass is 344 g/mol. The summed E-state index contributed by atoms with van der Waals surface area (Å²) < 4.78 is 26.0. The van der Waals surface area contributed by atoms with Crippen LogP contribution in [0.1, 0.15) is 33.0 Å². The number of sulfonamides is 1. The summed E-state index contributed by atoms with van der Waals surface area (Å²) in [5, 5.41) is 8.89. The summed E-state index contributed by atoms with van der Waals surface area (Å²) in [6.07, 6.45) is 1.60. The van der Waals surface area contributed by atoms with Gasteiger partial charge in [-0.25, -0.2) is 13.2 Å². The molecule has 0 aromatic carbocycles. The van der Waals surface area contributed by atoms with E-state index in [0.29, 0.717) is 37.6 Å². The Morgan fingerprint density at radius 3 is 2.45 bits per heavy atom. The van der Waals surface area contributed by atoms with Crippen molar-refractivity contribution >= 4 is 27.3 Å². The highest BCUT2D eigenvalue weighted by molar-refractivity contribution is 7.90. The molecule has 2 heterocycles. The van der Waals surface area contributed by atoms with Gasteiger partial charge in [-0.1, -0.05) is 0 Å². The molecule has 1 aliphatic heterocycles.